The number of halogens is 2. The smallest absolute Gasteiger partial charge is 0.261 e. The van der Waals surface area contributed by atoms with Crippen molar-refractivity contribution in [3.05, 3.63) is 34.9 Å². The van der Waals surface area contributed by atoms with Gasteiger partial charge in [-0.1, -0.05) is 11.6 Å². The molecular formula is C11H12Cl2O3S. The minimum atomic E-state index is -3.71. The quantitative estimate of drug-likeness (QED) is 0.800. The van der Waals surface area contributed by atoms with Crippen molar-refractivity contribution >= 4 is 31.3 Å². The summed E-state index contributed by atoms with van der Waals surface area (Å²) in [7, 11) is 1.58. The number of benzene rings is 1. The summed E-state index contributed by atoms with van der Waals surface area (Å²) in [5.74, 6) is 0.642. The second-order valence-electron chi connectivity index (χ2n) is 3.50. The summed E-state index contributed by atoms with van der Waals surface area (Å²) < 4.78 is 27.9. The van der Waals surface area contributed by atoms with Gasteiger partial charge in [0.15, 0.2) is 0 Å². The molecular weight excluding hydrogens is 283 g/mol. The first kappa shape index (κ1) is 14.4. The van der Waals surface area contributed by atoms with Crippen LogP contribution in [-0.4, -0.2) is 15.0 Å². The number of aryl methyl sites for hydroxylation is 2. The molecule has 1 aromatic carbocycles. The fraction of sp³-hybridized carbons (Fsp3) is 0.273. The molecule has 0 aliphatic rings. The molecule has 1 rings (SSSR count). The zero-order chi connectivity index (χ0) is 13.1. The standard InChI is InChI=1S/C11H12Cl2O3S/c1-8-6-10(17(13,14)15)7-9(2)11(8)16-5-3-4-12/h3-4,6-7H,5H2,1-2H3/b4-3+. The number of hydrogen-bond acceptors (Lipinski definition) is 3. The highest BCUT2D eigenvalue weighted by atomic mass is 35.7. The normalized spacial score (nSPS) is 12.0. The van der Waals surface area contributed by atoms with E-state index in [1.807, 2.05) is 0 Å². The first-order valence-electron chi connectivity index (χ1n) is 4.80. The van der Waals surface area contributed by atoms with Crippen LogP contribution in [0.1, 0.15) is 11.1 Å². The molecule has 6 heteroatoms. The third kappa shape index (κ3) is 3.91. The predicted octanol–water partition coefficient (Wildman–Crippen LogP) is 3.36. The fourth-order valence-electron chi connectivity index (χ4n) is 1.45. The maximum absolute atomic E-state index is 11.2. The van der Waals surface area contributed by atoms with Gasteiger partial charge in [-0.2, -0.15) is 0 Å². The van der Waals surface area contributed by atoms with Crippen LogP contribution in [0.3, 0.4) is 0 Å². The minimum absolute atomic E-state index is 0.0782. The average molecular weight is 295 g/mol. The van der Waals surface area contributed by atoms with Crippen molar-refractivity contribution in [2.24, 2.45) is 0 Å². The van der Waals surface area contributed by atoms with Gasteiger partial charge in [-0.15, -0.1) is 0 Å². The Morgan fingerprint density at radius 1 is 1.29 bits per heavy atom. The Kier molecular flexibility index (Phi) is 4.86. The van der Waals surface area contributed by atoms with Crippen LogP contribution in [-0.2, 0) is 9.05 Å². The molecule has 0 spiro atoms. The summed E-state index contributed by atoms with van der Waals surface area (Å²) in [5.41, 5.74) is 2.79. The summed E-state index contributed by atoms with van der Waals surface area (Å²) in [5, 5.41) is 0. The monoisotopic (exact) mass is 294 g/mol. The van der Waals surface area contributed by atoms with Gasteiger partial charge < -0.3 is 4.74 Å². The second-order valence-corrected chi connectivity index (χ2v) is 6.31. The van der Waals surface area contributed by atoms with E-state index < -0.39 is 9.05 Å². The van der Waals surface area contributed by atoms with Crippen molar-refractivity contribution in [2.45, 2.75) is 18.7 Å². The minimum Gasteiger partial charge on any atom is -0.489 e. The van der Waals surface area contributed by atoms with E-state index in [2.05, 4.69) is 0 Å². The van der Waals surface area contributed by atoms with Gasteiger partial charge in [0.25, 0.3) is 9.05 Å². The van der Waals surface area contributed by atoms with Crippen LogP contribution in [0.25, 0.3) is 0 Å². The fourth-order valence-corrected chi connectivity index (χ4v) is 2.42. The molecule has 0 aliphatic heterocycles. The predicted molar refractivity (Wildman–Crippen MR) is 69.4 cm³/mol. The van der Waals surface area contributed by atoms with E-state index in [9.17, 15) is 8.42 Å². The molecule has 3 nitrogen and oxygen atoms in total. The Morgan fingerprint density at radius 3 is 2.24 bits per heavy atom. The van der Waals surface area contributed by atoms with Gasteiger partial charge in [-0.05, 0) is 43.2 Å². The van der Waals surface area contributed by atoms with Crippen LogP contribution >= 0.6 is 22.3 Å². The lowest BCUT2D eigenvalue weighted by molar-refractivity contribution is 0.357. The zero-order valence-corrected chi connectivity index (χ0v) is 11.7. The Bertz CT molecular complexity index is 513. The van der Waals surface area contributed by atoms with Crippen LogP contribution < -0.4 is 4.74 Å². The van der Waals surface area contributed by atoms with Crippen LogP contribution in [0.2, 0.25) is 0 Å². The summed E-state index contributed by atoms with van der Waals surface area (Å²) in [6.45, 7) is 3.86. The van der Waals surface area contributed by atoms with Crippen molar-refractivity contribution in [2.75, 3.05) is 6.61 Å². The SMILES string of the molecule is Cc1cc(S(=O)(=O)Cl)cc(C)c1OC/C=C/Cl. The Hall–Kier alpha value is -0.710. The molecule has 0 atom stereocenters. The van der Waals surface area contributed by atoms with Gasteiger partial charge in [-0.3, -0.25) is 0 Å². The molecule has 0 amide bonds. The average Bonchev–Trinajstić information content (AvgIpc) is 2.20. The molecule has 0 bridgehead atoms. The van der Waals surface area contributed by atoms with Gasteiger partial charge in [0.1, 0.15) is 12.4 Å². The van der Waals surface area contributed by atoms with Gasteiger partial charge in [0.05, 0.1) is 4.90 Å². The molecule has 0 fully saturated rings. The second kappa shape index (κ2) is 5.76. The Morgan fingerprint density at radius 2 is 1.82 bits per heavy atom. The Labute approximate surface area is 110 Å². The van der Waals surface area contributed by atoms with Crippen molar-refractivity contribution in [3.63, 3.8) is 0 Å². The number of ether oxygens (including phenoxy) is 1. The lowest BCUT2D eigenvalue weighted by Gasteiger charge is -2.11. The van der Waals surface area contributed by atoms with Crippen molar-refractivity contribution in [1.29, 1.82) is 0 Å². The van der Waals surface area contributed by atoms with Crippen LogP contribution in [0.15, 0.2) is 28.6 Å². The molecule has 0 aromatic heterocycles. The highest BCUT2D eigenvalue weighted by Gasteiger charge is 2.14. The van der Waals surface area contributed by atoms with E-state index >= 15 is 0 Å². The van der Waals surface area contributed by atoms with E-state index in [1.54, 1.807) is 19.9 Å². The third-order valence-corrected chi connectivity index (χ3v) is 3.64. The van der Waals surface area contributed by atoms with E-state index in [4.69, 9.17) is 27.0 Å². The molecule has 0 saturated heterocycles. The van der Waals surface area contributed by atoms with E-state index in [1.165, 1.54) is 17.7 Å². The van der Waals surface area contributed by atoms with E-state index in [-0.39, 0.29) is 4.90 Å². The van der Waals surface area contributed by atoms with Crippen LogP contribution in [0.5, 0.6) is 5.75 Å². The van der Waals surface area contributed by atoms with Crippen molar-refractivity contribution < 1.29 is 13.2 Å². The van der Waals surface area contributed by atoms with Gasteiger partial charge in [0.2, 0.25) is 0 Å². The van der Waals surface area contributed by atoms with Gasteiger partial charge >= 0.3 is 0 Å². The van der Waals surface area contributed by atoms with Crippen LogP contribution in [0.4, 0.5) is 0 Å². The topological polar surface area (TPSA) is 43.4 Å². The highest BCUT2D eigenvalue weighted by Crippen LogP contribution is 2.28. The van der Waals surface area contributed by atoms with Crippen LogP contribution in [0, 0.1) is 13.8 Å². The number of rotatable bonds is 4. The molecule has 0 N–H and O–H groups in total. The highest BCUT2D eigenvalue weighted by molar-refractivity contribution is 8.13. The summed E-state index contributed by atoms with van der Waals surface area (Å²) in [4.78, 5) is 0.0782. The molecule has 0 aliphatic carbocycles. The Balaban J connectivity index is 3.11. The molecule has 17 heavy (non-hydrogen) atoms. The summed E-state index contributed by atoms with van der Waals surface area (Å²) in [6, 6.07) is 2.96. The lowest BCUT2D eigenvalue weighted by Crippen LogP contribution is -2.00. The van der Waals surface area contributed by atoms with Crippen molar-refractivity contribution in [3.8, 4) is 5.75 Å². The zero-order valence-electron chi connectivity index (χ0n) is 9.41. The molecule has 0 saturated carbocycles. The third-order valence-electron chi connectivity index (χ3n) is 2.13. The summed E-state index contributed by atoms with van der Waals surface area (Å²) in [6.07, 6.45) is 1.65. The number of hydrogen-bond donors (Lipinski definition) is 0. The largest absolute Gasteiger partial charge is 0.489 e. The maximum Gasteiger partial charge on any atom is 0.261 e. The molecule has 0 unspecified atom stereocenters. The molecule has 94 valence electrons. The first-order chi connectivity index (χ1) is 7.86. The molecule has 1 aromatic rings. The van der Waals surface area contributed by atoms with E-state index in [0.29, 0.717) is 23.5 Å². The van der Waals surface area contributed by atoms with Gasteiger partial charge in [-0.25, -0.2) is 8.42 Å². The first-order valence-corrected chi connectivity index (χ1v) is 7.54. The molecule has 0 heterocycles. The summed E-state index contributed by atoms with van der Waals surface area (Å²) >= 11 is 5.38. The maximum atomic E-state index is 11.2. The molecule has 0 radical (unpaired) electrons. The van der Waals surface area contributed by atoms with E-state index in [0.717, 1.165) is 0 Å². The van der Waals surface area contributed by atoms with Gasteiger partial charge in [0, 0.05) is 16.2 Å². The lowest BCUT2D eigenvalue weighted by atomic mass is 10.1. The van der Waals surface area contributed by atoms with Crippen molar-refractivity contribution in [1.82, 2.24) is 0 Å².